The Balaban J connectivity index is 1.38. The van der Waals surface area contributed by atoms with Crippen LogP contribution in [0.1, 0.15) is 47.6 Å². The number of likely N-dealkylation sites (N-methyl/N-ethyl adjacent to an activating group) is 1. The maximum Gasteiger partial charge on any atom is 0.268 e. The molecule has 2 aromatic heterocycles. The van der Waals surface area contributed by atoms with E-state index in [2.05, 4.69) is 15.5 Å². The van der Waals surface area contributed by atoms with Gasteiger partial charge in [0.2, 0.25) is 11.8 Å². The Morgan fingerprint density at radius 3 is 2.59 bits per heavy atom. The van der Waals surface area contributed by atoms with Crippen LogP contribution in [0.3, 0.4) is 0 Å². The first kappa shape index (κ1) is 28.9. The van der Waals surface area contributed by atoms with Gasteiger partial charge in [0.15, 0.2) is 11.9 Å². The molecule has 0 saturated heterocycles. The molecule has 218 valence electrons. The van der Waals surface area contributed by atoms with E-state index in [4.69, 9.17) is 11.6 Å². The molecule has 8 nitrogen and oxygen atoms in total. The van der Waals surface area contributed by atoms with Crippen molar-refractivity contribution < 1.29 is 27.5 Å². The molecule has 1 saturated carbocycles. The van der Waals surface area contributed by atoms with Crippen molar-refractivity contribution >= 4 is 29.1 Å². The molecule has 41 heavy (non-hydrogen) atoms. The van der Waals surface area contributed by atoms with Crippen LogP contribution in [-0.2, 0) is 17.9 Å². The normalized spacial score (nSPS) is 18.0. The number of carbonyl (C=O) groups is 2. The van der Waals surface area contributed by atoms with Crippen LogP contribution in [0.25, 0.3) is 11.1 Å². The predicted octanol–water partition coefficient (Wildman–Crippen LogP) is 4.90. The highest BCUT2D eigenvalue weighted by atomic mass is 35.5. The molecule has 0 bridgehead atoms. The lowest BCUT2D eigenvalue weighted by atomic mass is 9.81. The van der Waals surface area contributed by atoms with Crippen LogP contribution in [0.2, 0.25) is 5.02 Å². The summed E-state index contributed by atoms with van der Waals surface area (Å²) in [7, 11) is 1.99. The molecule has 2 N–H and O–H groups in total. The number of hydrogen-bond donors (Lipinski definition) is 2. The number of rotatable bonds is 6. The molecular formula is C29H31ClF3N5O3. The van der Waals surface area contributed by atoms with Gasteiger partial charge in [-0.25, -0.2) is 13.2 Å². The fourth-order valence-corrected chi connectivity index (χ4v) is 5.99. The topological polar surface area (TPSA) is 93.3 Å². The van der Waals surface area contributed by atoms with Crippen molar-refractivity contribution in [3.8, 4) is 11.1 Å². The first-order valence-electron chi connectivity index (χ1n) is 13.5. The Morgan fingerprint density at radius 1 is 1.15 bits per heavy atom. The minimum atomic E-state index is -2.81. The van der Waals surface area contributed by atoms with E-state index in [9.17, 15) is 23.6 Å². The van der Waals surface area contributed by atoms with Crippen LogP contribution in [0.15, 0.2) is 42.6 Å². The summed E-state index contributed by atoms with van der Waals surface area (Å²) < 4.78 is 45.6. The van der Waals surface area contributed by atoms with Gasteiger partial charge >= 0.3 is 0 Å². The number of halogens is 4. The second-order valence-electron chi connectivity index (χ2n) is 10.9. The average molecular weight is 590 g/mol. The van der Waals surface area contributed by atoms with Gasteiger partial charge in [-0.3, -0.25) is 14.5 Å². The number of amides is 2. The summed E-state index contributed by atoms with van der Waals surface area (Å²) in [6.45, 7) is 3.56. The molecule has 1 atom stereocenters. The highest BCUT2D eigenvalue weighted by molar-refractivity contribution is 6.33. The first-order valence-corrected chi connectivity index (χ1v) is 13.9. The van der Waals surface area contributed by atoms with Gasteiger partial charge in [0, 0.05) is 62.4 Å². The number of anilines is 1. The molecule has 0 unspecified atom stereocenters. The van der Waals surface area contributed by atoms with Crippen molar-refractivity contribution in [1.29, 1.82) is 0 Å². The second-order valence-corrected chi connectivity index (χ2v) is 11.3. The number of pyridine rings is 1. The fraction of sp³-hybridized carbons (Fsp3) is 0.414. The summed E-state index contributed by atoms with van der Waals surface area (Å²) in [5, 5.41) is 17.6. The van der Waals surface area contributed by atoms with Gasteiger partial charge in [-0.2, -0.15) is 4.73 Å². The third-order valence-electron chi connectivity index (χ3n) is 8.04. The number of nitrogens with one attached hydrogen (secondary N) is 2. The Bertz CT molecular complexity index is 1480. The van der Waals surface area contributed by atoms with Crippen molar-refractivity contribution in [1.82, 2.24) is 14.8 Å². The lowest BCUT2D eigenvalue weighted by Crippen LogP contribution is -2.50. The maximum absolute atomic E-state index is 15.2. The van der Waals surface area contributed by atoms with Crippen molar-refractivity contribution in [2.24, 2.45) is 5.92 Å². The van der Waals surface area contributed by atoms with E-state index >= 15 is 4.39 Å². The van der Waals surface area contributed by atoms with Gasteiger partial charge in [0.25, 0.3) is 5.91 Å². The van der Waals surface area contributed by atoms with E-state index in [1.165, 1.54) is 31.3 Å². The summed E-state index contributed by atoms with van der Waals surface area (Å²) in [6, 6.07) is 7.78. The summed E-state index contributed by atoms with van der Waals surface area (Å²) >= 11 is 6.24. The molecule has 1 fully saturated rings. The molecule has 1 aliphatic heterocycles. The molecule has 0 radical (unpaired) electrons. The number of carbonyl (C=O) groups excluding carboxylic acids is 2. The minimum Gasteiger partial charge on any atom is -0.618 e. The third kappa shape index (κ3) is 6.06. The van der Waals surface area contributed by atoms with E-state index < -0.39 is 35.5 Å². The monoisotopic (exact) mass is 589 g/mol. The number of nitrogens with zero attached hydrogens (tertiary/aromatic N) is 3. The number of fused-ring (bicyclic) bond motifs is 1. The van der Waals surface area contributed by atoms with Gasteiger partial charge in [-0.05, 0) is 56.1 Å². The Hall–Kier alpha value is -3.57. The maximum atomic E-state index is 15.2. The quantitative estimate of drug-likeness (QED) is 0.316. The number of aromatic nitrogens is 2. The molecule has 12 heteroatoms. The van der Waals surface area contributed by atoms with Crippen LogP contribution in [0.5, 0.6) is 0 Å². The molecule has 1 aromatic carbocycles. The molecule has 3 aromatic rings. The molecular weight excluding hydrogens is 559 g/mol. The molecule has 3 heterocycles. The molecule has 1 aliphatic carbocycles. The van der Waals surface area contributed by atoms with Crippen molar-refractivity contribution in [2.75, 3.05) is 18.9 Å². The van der Waals surface area contributed by atoms with Gasteiger partial charge in [0.05, 0.1) is 10.6 Å². The summed E-state index contributed by atoms with van der Waals surface area (Å²) in [4.78, 5) is 29.0. The van der Waals surface area contributed by atoms with Crippen LogP contribution in [0.4, 0.5) is 18.9 Å². The Labute approximate surface area is 240 Å². The summed E-state index contributed by atoms with van der Waals surface area (Å²) in [6.07, 6.45) is 0.563. The molecule has 2 aliphatic rings. The lowest BCUT2D eigenvalue weighted by Gasteiger charge is -2.33. The van der Waals surface area contributed by atoms with Crippen molar-refractivity contribution in [2.45, 2.75) is 57.7 Å². The van der Waals surface area contributed by atoms with E-state index in [1.807, 2.05) is 17.7 Å². The highest BCUT2D eigenvalue weighted by Crippen LogP contribution is 2.38. The smallest absolute Gasteiger partial charge is 0.268 e. The number of benzene rings is 1. The Morgan fingerprint density at radius 2 is 1.88 bits per heavy atom. The zero-order valence-corrected chi connectivity index (χ0v) is 23.5. The third-order valence-corrected chi connectivity index (χ3v) is 8.35. The second kappa shape index (κ2) is 11.4. The Kier molecular flexibility index (Phi) is 8.02. The average Bonchev–Trinajstić information content (AvgIpc) is 3.34. The van der Waals surface area contributed by atoms with Gasteiger partial charge in [-0.1, -0.05) is 11.6 Å². The first-order chi connectivity index (χ1) is 19.4. The minimum absolute atomic E-state index is 0.0523. The fourth-order valence-electron chi connectivity index (χ4n) is 5.70. The predicted molar refractivity (Wildman–Crippen MR) is 148 cm³/mol. The highest BCUT2D eigenvalue weighted by Gasteiger charge is 2.40. The van der Waals surface area contributed by atoms with Crippen LogP contribution in [-0.4, -0.2) is 46.8 Å². The van der Waals surface area contributed by atoms with E-state index in [0.717, 1.165) is 18.3 Å². The van der Waals surface area contributed by atoms with E-state index in [1.54, 1.807) is 6.07 Å². The number of hydrogen-bond acceptors (Lipinski definition) is 4. The largest absolute Gasteiger partial charge is 0.618 e. The summed E-state index contributed by atoms with van der Waals surface area (Å²) in [5.41, 5.74) is 2.00. The van der Waals surface area contributed by atoms with Gasteiger partial charge in [-0.15, -0.1) is 0 Å². The zero-order chi connectivity index (χ0) is 29.5. The lowest BCUT2D eigenvalue weighted by molar-refractivity contribution is -0.611. The molecule has 5 rings (SSSR count). The molecule has 2 amide bonds. The van der Waals surface area contributed by atoms with Gasteiger partial charge in [0.1, 0.15) is 17.6 Å². The van der Waals surface area contributed by atoms with Gasteiger partial charge < -0.3 is 20.4 Å². The standard InChI is InChI=1S/C29H31ClF3N5O3/c1-17-25(22(30)9-12-38(17)41)21-5-3-19(15-23(21)31)34-28(40)26(18-7-10-29(32,33)11-8-18)35-27(39)24-6-4-20-16-36(2)13-14-37(20)24/h3-6,9,12,15,18,26H,7-8,10-11,13-14,16H2,1-2H3,(H,34,40)(H,35,39)/t26-/m1/s1. The van der Waals surface area contributed by atoms with Crippen molar-refractivity contribution in [3.05, 3.63) is 75.7 Å². The van der Waals surface area contributed by atoms with Crippen molar-refractivity contribution in [3.63, 3.8) is 0 Å². The zero-order valence-electron chi connectivity index (χ0n) is 22.7. The van der Waals surface area contributed by atoms with E-state index in [0.29, 0.717) is 23.5 Å². The number of alkyl halides is 2. The van der Waals surface area contributed by atoms with E-state index in [-0.39, 0.29) is 53.2 Å². The van der Waals surface area contributed by atoms with Crippen LogP contribution >= 0.6 is 11.6 Å². The van der Waals surface area contributed by atoms with Crippen LogP contribution < -0.4 is 15.4 Å². The molecule has 0 spiro atoms. The SMILES string of the molecule is Cc1c(-c2ccc(NC(=O)[C@H](NC(=O)c3ccc4n3CCN(C)C4)C3CCC(F)(F)CC3)cc2F)c(Cl)cc[n+]1[O-]. The van der Waals surface area contributed by atoms with Crippen LogP contribution in [0, 0.1) is 23.9 Å². The summed E-state index contributed by atoms with van der Waals surface area (Å²) in [5.74, 6) is -5.16.